The predicted molar refractivity (Wildman–Crippen MR) is 102 cm³/mol. The first-order chi connectivity index (χ1) is 12.3. The number of hydrogen-bond donors (Lipinski definition) is 0. The summed E-state index contributed by atoms with van der Waals surface area (Å²) in [5, 5.41) is 0.997. The lowest BCUT2D eigenvalue weighted by Crippen LogP contribution is -2.22. The van der Waals surface area contributed by atoms with Crippen molar-refractivity contribution in [1.82, 2.24) is 9.55 Å². The predicted octanol–water partition coefficient (Wildman–Crippen LogP) is 3.32. The van der Waals surface area contributed by atoms with Crippen molar-refractivity contribution in [1.29, 1.82) is 0 Å². The van der Waals surface area contributed by atoms with E-state index < -0.39 is 9.84 Å². The molecule has 0 spiro atoms. The number of aromatic nitrogens is 2. The van der Waals surface area contributed by atoms with Crippen molar-refractivity contribution in [2.75, 3.05) is 5.75 Å². The lowest BCUT2D eigenvalue weighted by molar-refractivity contribution is 0.585. The summed E-state index contributed by atoms with van der Waals surface area (Å²) in [6, 6.07) is 11.8. The quantitative estimate of drug-likeness (QED) is 0.690. The number of benzene rings is 2. The van der Waals surface area contributed by atoms with Gasteiger partial charge in [-0.3, -0.25) is 9.36 Å². The zero-order chi connectivity index (χ0) is 18.5. The molecular weight excluding hydrogens is 372 g/mol. The van der Waals surface area contributed by atoms with Gasteiger partial charge in [0.15, 0.2) is 9.84 Å². The second kappa shape index (κ2) is 6.21. The Hall–Kier alpha value is -2.18. The van der Waals surface area contributed by atoms with Crippen LogP contribution in [0.4, 0.5) is 0 Å². The van der Waals surface area contributed by atoms with E-state index in [2.05, 4.69) is 4.98 Å². The molecule has 26 heavy (non-hydrogen) atoms. The Morgan fingerprint density at radius 2 is 1.92 bits per heavy atom. The molecule has 0 aliphatic carbocycles. The third-order valence-electron chi connectivity index (χ3n) is 4.81. The standard InChI is InChI=1S/C19H17ClN2O3S/c1-12-2-5-15(6-3-12)26(24,25)11-13-8-9-22-18(13)21-17-10-14(20)4-7-16(17)19(22)23/h2-7,10,13H,8-9,11H2,1H3. The van der Waals surface area contributed by atoms with Gasteiger partial charge in [0.2, 0.25) is 0 Å². The van der Waals surface area contributed by atoms with Gasteiger partial charge in [-0.05, 0) is 43.7 Å². The van der Waals surface area contributed by atoms with Crippen LogP contribution in [-0.2, 0) is 16.4 Å². The first-order valence-corrected chi connectivity index (χ1v) is 10.4. The lowest BCUT2D eigenvalue weighted by Gasteiger charge is -2.12. The molecule has 1 aromatic heterocycles. The van der Waals surface area contributed by atoms with Gasteiger partial charge in [0.1, 0.15) is 5.82 Å². The summed E-state index contributed by atoms with van der Waals surface area (Å²) in [6.45, 7) is 2.39. The van der Waals surface area contributed by atoms with Gasteiger partial charge in [0.25, 0.3) is 5.56 Å². The van der Waals surface area contributed by atoms with Crippen LogP contribution in [0.25, 0.3) is 10.9 Å². The second-order valence-electron chi connectivity index (χ2n) is 6.67. The number of nitrogens with zero attached hydrogens (tertiary/aromatic N) is 2. The van der Waals surface area contributed by atoms with E-state index in [9.17, 15) is 13.2 Å². The third kappa shape index (κ3) is 2.93. The molecule has 0 N–H and O–H groups in total. The van der Waals surface area contributed by atoms with E-state index in [1.165, 1.54) is 0 Å². The van der Waals surface area contributed by atoms with Gasteiger partial charge >= 0.3 is 0 Å². The van der Waals surface area contributed by atoms with Crippen LogP contribution in [0.3, 0.4) is 0 Å². The molecule has 1 atom stereocenters. The molecule has 0 saturated heterocycles. The second-order valence-corrected chi connectivity index (χ2v) is 9.14. The first kappa shape index (κ1) is 17.2. The van der Waals surface area contributed by atoms with Gasteiger partial charge in [-0.1, -0.05) is 29.3 Å². The summed E-state index contributed by atoms with van der Waals surface area (Å²) in [5.74, 6) is 0.159. The Balaban J connectivity index is 1.75. The average Bonchev–Trinajstić information content (AvgIpc) is 2.97. The summed E-state index contributed by atoms with van der Waals surface area (Å²) in [5.41, 5.74) is 1.37. The molecule has 0 amide bonds. The van der Waals surface area contributed by atoms with Gasteiger partial charge in [-0.2, -0.15) is 0 Å². The Morgan fingerprint density at radius 3 is 2.65 bits per heavy atom. The summed E-state index contributed by atoms with van der Waals surface area (Å²) >= 11 is 6.01. The van der Waals surface area contributed by atoms with Crippen molar-refractivity contribution in [3.8, 4) is 0 Å². The Bertz CT molecular complexity index is 1170. The molecular formula is C19H17ClN2O3S. The molecule has 3 aromatic rings. The van der Waals surface area contributed by atoms with Gasteiger partial charge < -0.3 is 0 Å². The average molecular weight is 389 g/mol. The van der Waals surface area contributed by atoms with E-state index in [1.54, 1.807) is 47.0 Å². The summed E-state index contributed by atoms with van der Waals surface area (Å²) in [6.07, 6.45) is 0.581. The molecule has 134 valence electrons. The highest BCUT2D eigenvalue weighted by Gasteiger charge is 2.31. The minimum Gasteiger partial charge on any atom is -0.296 e. The number of rotatable bonds is 3. The molecule has 4 rings (SSSR count). The fraction of sp³-hybridized carbons (Fsp3) is 0.263. The summed E-state index contributed by atoms with van der Waals surface area (Å²) in [7, 11) is -3.46. The minimum atomic E-state index is -3.46. The highest BCUT2D eigenvalue weighted by atomic mass is 35.5. The topological polar surface area (TPSA) is 69.0 Å². The van der Waals surface area contributed by atoms with Crippen LogP contribution in [0, 0.1) is 6.92 Å². The molecule has 5 nitrogen and oxygen atoms in total. The van der Waals surface area contributed by atoms with Gasteiger partial charge in [-0.25, -0.2) is 13.4 Å². The maximum atomic E-state index is 12.8. The van der Waals surface area contributed by atoms with Crippen molar-refractivity contribution in [3.63, 3.8) is 0 Å². The number of sulfone groups is 1. The van der Waals surface area contributed by atoms with Gasteiger partial charge in [-0.15, -0.1) is 0 Å². The molecule has 1 aliphatic heterocycles. The Morgan fingerprint density at radius 1 is 1.19 bits per heavy atom. The Kier molecular flexibility index (Phi) is 4.12. The van der Waals surface area contributed by atoms with Crippen molar-refractivity contribution in [3.05, 3.63) is 69.2 Å². The van der Waals surface area contributed by atoms with E-state index in [4.69, 9.17) is 11.6 Å². The van der Waals surface area contributed by atoms with E-state index in [0.29, 0.717) is 39.6 Å². The fourth-order valence-electron chi connectivity index (χ4n) is 3.42. The summed E-state index contributed by atoms with van der Waals surface area (Å²) < 4.78 is 27.1. The van der Waals surface area contributed by atoms with Crippen molar-refractivity contribution >= 4 is 32.3 Å². The van der Waals surface area contributed by atoms with Crippen LogP contribution >= 0.6 is 11.6 Å². The molecule has 2 heterocycles. The van der Waals surface area contributed by atoms with Crippen LogP contribution in [0.5, 0.6) is 0 Å². The molecule has 0 bridgehead atoms. The van der Waals surface area contributed by atoms with E-state index in [-0.39, 0.29) is 17.2 Å². The van der Waals surface area contributed by atoms with Gasteiger partial charge in [0, 0.05) is 17.5 Å². The van der Waals surface area contributed by atoms with Crippen LogP contribution in [0.15, 0.2) is 52.2 Å². The number of hydrogen-bond acceptors (Lipinski definition) is 4. The van der Waals surface area contributed by atoms with E-state index in [1.807, 2.05) is 6.92 Å². The zero-order valence-electron chi connectivity index (χ0n) is 14.1. The smallest absolute Gasteiger partial charge is 0.261 e. The molecule has 0 fully saturated rings. The SMILES string of the molecule is Cc1ccc(S(=O)(=O)CC2CCn3c2nc2cc(Cl)ccc2c3=O)cc1. The third-order valence-corrected chi connectivity index (χ3v) is 6.88. The number of fused-ring (bicyclic) bond motifs is 2. The Labute approximate surface area is 156 Å². The number of aryl methyl sites for hydroxylation is 1. The highest BCUT2D eigenvalue weighted by molar-refractivity contribution is 7.91. The molecule has 7 heteroatoms. The zero-order valence-corrected chi connectivity index (χ0v) is 15.7. The van der Waals surface area contributed by atoms with Crippen LogP contribution in [-0.4, -0.2) is 23.7 Å². The summed E-state index contributed by atoms with van der Waals surface area (Å²) in [4.78, 5) is 17.5. The van der Waals surface area contributed by atoms with Crippen molar-refractivity contribution in [2.24, 2.45) is 0 Å². The largest absolute Gasteiger partial charge is 0.296 e. The van der Waals surface area contributed by atoms with E-state index in [0.717, 1.165) is 5.56 Å². The van der Waals surface area contributed by atoms with Crippen LogP contribution < -0.4 is 5.56 Å². The van der Waals surface area contributed by atoms with Gasteiger partial charge in [0.05, 0.1) is 21.6 Å². The minimum absolute atomic E-state index is 0.0609. The highest BCUT2D eigenvalue weighted by Crippen LogP contribution is 2.30. The lowest BCUT2D eigenvalue weighted by atomic mass is 10.1. The maximum absolute atomic E-state index is 12.8. The maximum Gasteiger partial charge on any atom is 0.261 e. The van der Waals surface area contributed by atoms with Crippen molar-refractivity contribution in [2.45, 2.75) is 30.7 Å². The molecule has 0 radical (unpaired) electrons. The molecule has 1 unspecified atom stereocenters. The van der Waals surface area contributed by atoms with Crippen LogP contribution in [0.2, 0.25) is 5.02 Å². The first-order valence-electron chi connectivity index (χ1n) is 8.34. The monoisotopic (exact) mass is 388 g/mol. The van der Waals surface area contributed by atoms with Crippen LogP contribution in [0.1, 0.15) is 23.7 Å². The number of halogens is 1. The van der Waals surface area contributed by atoms with Crippen molar-refractivity contribution < 1.29 is 8.42 Å². The fourth-order valence-corrected chi connectivity index (χ4v) is 5.17. The van der Waals surface area contributed by atoms with E-state index >= 15 is 0 Å². The molecule has 0 saturated carbocycles. The molecule has 2 aromatic carbocycles. The normalized spacial score (nSPS) is 16.8. The molecule has 1 aliphatic rings.